The van der Waals surface area contributed by atoms with Crippen LogP contribution >= 0.6 is 11.3 Å². The molecule has 45 heavy (non-hydrogen) atoms. The van der Waals surface area contributed by atoms with Gasteiger partial charge < -0.3 is 19.9 Å². The fourth-order valence-corrected chi connectivity index (χ4v) is 6.28. The van der Waals surface area contributed by atoms with Crippen molar-refractivity contribution >= 4 is 34.8 Å². The Balaban J connectivity index is 1.50. The van der Waals surface area contributed by atoms with Gasteiger partial charge in [0, 0.05) is 0 Å². The molecule has 1 aliphatic heterocycles. The normalized spacial score (nSPS) is 14.4. The minimum absolute atomic E-state index is 0.0398. The Bertz CT molecular complexity index is 2140. The number of para-hydroxylation sites is 2. The van der Waals surface area contributed by atoms with Gasteiger partial charge in [-0.1, -0.05) is 60.7 Å². The van der Waals surface area contributed by atoms with Crippen molar-refractivity contribution in [3.05, 3.63) is 145 Å². The minimum atomic E-state index is -0.887. The molecular formula is C36H27N3O5S. The van der Waals surface area contributed by atoms with Crippen LogP contribution in [0.4, 0.5) is 0 Å². The highest BCUT2D eigenvalue weighted by molar-refractivity contribution is 7.07. The van der Waals surface area contributed by atoms with Crippen LogP contribution in [0.2, 0.25) is 0 Å². The third-order valence-corrected chi connectivity index (χ3v) is 8.18. The number of esters is 1. The summed E-state index contributed by atoms with van der Waals surface area (Å²) in [6.07, 6.45) is 1.71. The first-order valence-electron chi connectivity index (χ1n) is 14.2. The third-order valence-electron chi connectivity index (χ3n) is 7.07. The molecule has 0 saturated heterocycles. The SMILES string of the molecule is CCOC(=O)C1=c2s/c(=C\c3cccc(Oc4ccccc4)c3)c(=O)n2C(N)=C(C#N)C1c1cccc(Oc2ccccc2)c1. The van der Waals surface area contributed by atoms with Crippen LogP contribution in [0, 0.1) is 11.3 Å². The van der Waals surface area contributed by atoms with Gasteiger partial charge in [-0.3, -0.25) is 9.36 Å². The van der Waals surface area contributed by atoms with Gasteiger partial charge in [0.1, 0.15) is 33.5 Å². The fraction of sp³-hybridized carbons (Fsp3) is 0.0833. The highest BCUT2D eigenvalue weighted by Crippen LogP contribution is 2.38. The van der Waals surface area contributed by atoms with E-state index in [1.807, 2.05) is 84.9 Å². The molecule has 0 radical (unpaired) electrons. The van der Waals surface area contributed by atoms with Crippen LogP contribution in [0.25, 0.3) is 17.5 Å². The average Bonchev–Trinajstić information content (AvgIpc) is 3.37. The molecule has 5 aromatic rings. The number of hydrogen-bond donors (Lipinski definition) is 1. The number of ether oxygens (including phenoxy) is 3. The number of carbonyl (C=O) groups excluding carboxylic acids is 1. The quantitative estimate of drug-likeness (QED) is 0.230. The Kier molecular flexibility index (Phi) is 8.31. The van der Waals surface area contributed by atoms with Crippen LogP contribution in [0.3, 0.4) is 0 Å². The largest absolute Gasteiger partial charge is 0.463 e. The van der Waals surface area contributed by atoms with Crippen molar-refractivity contribution in [1.82, 2.24) is 4.57 Å². The zero-order valence-corrected chi connectivity index (χ0v) is 25.0. The van der Waals surface area contributed by atoms with Gasteiger partial charge in [-0.2, -0.15) is 5.26 Å². The maximum atomic E-state index is 13.8. The molecule has 0 spiro atoms. The lowest BCUT2D eigenvalue weighted by molar-refractivity contribution is -0.136. The molecule has 1 atom stereocenters. The number of nitriles is 1. The molecule has 0 aliphatic carbocycles. The highest BCUT2D eigenvalue weighted by atomic mass is 32.1. The second-order valence-corrected chi connectivity index (χ2v) is 11.0. The summed E-state index contributed by atoms with van der Waals surface area (Å²) in [4.78, 5) is 27.4. The molecule has 9 heteroatoms. The Labute approximate surface area is 262 Å². The van der Waals surface area contributed by atoms with E-state index in [1.165, 1.54) is 4.57 Å². The summed E-state index contributed by atoms with van der Waals surface area (Å²) in [5.74, 6) is 0.855. The van der Waals surface area contributed by atoms with E-state index in [2.05, 4.69) is 6.07 Å². The van der Waals surface area contributed by atoms with E-state index >= 15 is 0 Å². The number of nitrogens with two attached hydrogens (primary N) is 1. The van der Waals surface area contributed by atoms with E-state index in [4.69, 9.17) is 19.9 Å². The number of benzene rings is 4. The van der Waals surface area contributed by atoms with Gasteiger partial charge in [0.2, 0.25) is 0 Å². The Morgan fingerprint density at radius 3 is 2.11 bits per heavy atom. The number of carbonyl (C=O) groups is 1. The smallest absolute Gasteiger partial charge is 0.338 e. The first-order chi connectivity index (χ1) is 22.0. The van der Waals surface area contributed by atoms with Gasteiger partial charge in [-0.25, -0.2) is 4.79 Å². The Morgan fingerprint density at radius 2 is 1.49 bits per heavy atom. The molecule has 1 unspecified atom stereocenters. The molecule has 0 amide bonds. The third kappa shape index (κ3) is 6.00. The van der Waals surface area contributed by atoms with Crippen molar-refractivity contribution in [1.29, 1.82) is 5.26 Å². The lowest BCUT2D eigenvalue weighted by Crippen LogP contribution is -2.40. The molecule has 6 rings (SSSR count). The Hall–Kier alpha value is -5.85. The van der Waals surface area contributed by atoms with Gasteiger partial charge in [-0.15, -0.1) is 11.3 Å². The van der Waals surface area contributed by atoms with Crippen LogP contribution in [0.1, 0.15) is 24.0 Å². The standard InChI is InChI=1S/C36H27N3O5S/c1-2-42-36(41)32-31(24-12-10-18-28(21-24)44-26-15-7-4-8-16-26)29(22-37)33(38)39-34(40)30(45-35(32)39)20-23-11-9-17-27(19-23)43-25-13-5-3-6-14-25/h3-21,31H,2,38H2,1H3/b30-20-. The molecule has 0 bridgehead atoms. The predicted molar refractivity (Wildman–Crippen MR) is 173 cm³/mol. The maximum absolute atomic E-state index is 13.8. The van der Waals surface area contributed by atoms with Crippen molar-refractivity contribution in [3.8, 4) is 29.1 Å². The molecule has 0 fully saturated rings. The van der Waals surface area contributed by atoms with Gasteiger partial charge >= 0.3 is 5.97 Å². The monoisotopic (exact) mass is 613 g/mol. The first kappa shape index (κ1) is 29.2. The average molecular weight is 614 g/mol. The molecule has 2 heterocycles. The first-order valence-corrected chi connectivity index (χ1v) is 15.0. The second kappa shape index (κ2) is 12.8. The number of fused-ring (bicyclic) bond motifs is 1. The Morgan fingerprint density at radius 1 is 0.889 bits per heavy atom. The summed E-state index contributed by atoms with van der Waals surface area (Å²) < 4.78 is 19.3. The van der Waals surface area contributed by atoms with E-state index in [0.29, 0.717) is 43.3 Å². The number of nitrogens with zero attached hydrogens (tertiary/aromatic N) is 2. The lowest BCUT2D eigenvalue weighted by Gasteiger charge is -2.25. The van der Waals surface area contributed by atoms with Gasteiger partial charge in [0.15, 0.2) is 0 Å². The molecule has 2 N–H and O–H groups in total. The van der Waals surface area contributed by atoms with Crippen molar-refractivity contribution in [2.75, 3.05) is 6.61 Å². The number of hydrogen-bond acceptors (Lipinski definition) is 8. The molecule has 1 aliphatic rings. The molecule has 0 saturated carbocycles. The number of thiazole rings is 1. The van der Waals surface area contributed by atoms with Crippen LogP contribution in [0.5, 0.6) is 23.0 Å². The van der Waals surface area contributed by atoms with Crippen LogP contribution in [-0.4, -0.2) is 17.1 Å². The molecule has 1 aromatic heterocycles. The summed E-state index contributed by atoms with van der Waals surface area (Å²) in [6.45, 7) is 1.81. The summed E-state index contributed by atoms with van der Waals surface area (Å²) in [5.41, 5.74) is 7.61. The summed E-state index contributed by atoms with van der Waals surface area (Å²) in [5, 5.41) is 10.3. The minimum Gasteiger partial charge on any atom is -0.463 e. The van der Waals surface area contributed by atoms with Crippen molar-refractivity contribution in [3.63, 3.8) is 0 Å². The van der Waals surface area contributed by atoms with Crippen LogP contribution in [-0.2, 0) is 9.53 Å². The topological polar surface area (TPSA) is 117 Å². The number of aromatic nitrogens is 1. The van der Waals surface area contributed by atoms with Crippen LogP contribution in [0.15, 0.2) is 120 Å². The van der Waals surface area contributed by atoms with E-state index in [0.717, 1.165) is 11.3 Å². The number of allylic oxidation sites excluding steroid dienone is 1. The van der Waals surface area contributed by atoms with E-state index in [-0.39, 0.29) is 23.6 Å². The fourth-order valence-electron chi connectivity index (χ4n) is 5.11. The number of rotatable bonds is 8. The summed E-state index contributed by atoms with van der Waals surface area (Å²) in [6, 6.07) is 35.2. The van der Waals surface area contributed by atoms with E-state index < -0.39 is 17.4 Å². The molecule has 222 valence electrons. The van der Waals surface area contributed by atoms with Crippen molar-refractivity contribution in [2.24, 2.45) is 5.73 Å². The predicted octanol–water partition coefficient (Wildman–Crippen LogP) is 5.49. The second-order valence-electron chi connectivity index (χ2n) is 10.0. The highest BCUT2D eigenvalue weighted by Gasteiger charge is 2.36. The van der Waals surface area contributed by atoms with E-state index in [1.54, 1.807) is 37.3 Å². The summed E-state index contributed by atoms with van der Waals surface area (Å²) in [7, 11) is 0. The summed E-state index contributed by atoms with van der Waals surface area (Å²) >= 11 is 1.11. The van der Waals surface area contributed by atoms with Gasteiger partial charge in [-0.05, 0) is 72.7 Å². The van der Waals surface area contributed by atoms with Crippen LogP contribution < -0.4 is 30.0 Å². The maximum Gasteiger partial charge on any atom is 0.338 e. The zero-order chi connectivity index (χ0) is 31.3. The van der Waals surface area contributed by atoms with Crippen molar-refractivity contribution in [2.45, 2.75) is 12.8 Å². The molecular weight excluding hydrogens is 586 g/mol. The lowest BCUT2D eigenvalue weighted by atomic mass is 9.84. The molecule has 4 aromatic carbocycles. The van der Waals surface area contributed by atoms with E-state index in [9.17, 15) is 14.9 Å². The van der Waals surface area contributed by atoms with Gasteiger partial charge in [0.25, 0.3) is 5.56 Å². The molecule has 8 nitrogen and oxygen atoms in total. The zero-order valence-electron chi connectivity index (χ0n) is 24.2. The van der Waals surface area contributed by atoms with Crippen molar-refractivity contribution < 1.29 is 19.0 Å². The van der Waals surface area contributed by atoms with Gasteiger partial charge in [0.05, 0.1) is 34.3 Å².